The molecule has 0 radical (unpaired) electrons. The minimum absolute atomic E-state index is 0.337. The summed E-state index contributed by atoms with van der Waals surface area (Å²) >= 11 is 0. The molecule has 21 heavy (non-hydrogen) atoms. The minimum atomic E-state index is -3.16. The number of allylic oxidation sites excluding steroid dienone is 2. The van der Waals surface area contributed by atoms with Crippen molar-refractivity contribution < 1.29 is 8.42 Å². The third kappa shape index (κ3) is 4.17. The van der Waals surface area contributed by atoms with E-state index in [2.05, 4.69) is 12.7 Å². The molecule has 0 aromatic heterocycles. The Morgan fingerprint density at radius 2 is 1.67 bits per heavy atom. The Morgan fingerprint density at radius 1 is 1.05 bits per heavy atom. The van der Waals surface area contributed by atoms with Crippen LogP contribution in [0.5, 0.6) is 0 Å². The molecule has 0 aliphatic heterocycles. The van der Waals surface area contributed by atoms with E-state index in [-0.39, 0.29) is 0 Å². The van der Waals surface area contributed by atoms with Crippen LogP contribution in [0.1, 0.15) is 17.5 Å². The molecule has 0 saturated heterocycles. The number of hydrogen-bond donors (Lipinski definition) is 0. The average molecular weight is 298 g/mol. The largest absolute Gasteiger partial charge is 0.224 e. The van der Waals surface area contributed by atoms with Gasteiger partial charge in [-0.15, -0.1) is 6.58 Å². The molecule has 0 aliphatic rings. The summed E-state index contributed by atoms with van der Waals surface area (Å²) in [7, 11) is -3.16. The van der Waals surface area contributed by atoms with Crippen LogP contribution < -0.4 is 0 Å². The molecule has 2 aromatic rings. The highest BCUT2D eigenvalue weighted by atomic mass is 32.2. The SMILES string of the molecule is C=CC/C(=C\c1ccccc1)c1ccc(S(C)(=O)=O)cc1. The molecule has 0 amide bonds. The quantitative estimate of drug-likeness (QED) is 0.612. The van der Waals surface area contributed by atoms with E-state index in [0.717, 1.165) is 23.1 Å². The number of benzene rings is 2. The van der Waals surface area contributed by atoms with Crippen LogP contribution in [0.3, 0.4) is 0 Å². The van der Waals surface area contributed by atoms with E-state index in [1.807, 2.05) is 48.5 Å². The zero-order valence-corrected chi connectivity index (χ0v) is 12.8. The minimum Gasteiger partial charge on any atom is -0.224 e. The van der Waals surface area contributed by atoms with Crippen LogP contribution in [0.15, 0.2) is 72.1 Å². The average Bonchev–Trinajstić information content (AvgIpc) is 2.47. The van der Waals surface area contributed by atoms with Gasteiger partial charge in [0.1, 0.15) is 0 Å². The second-order valence-electron chi connectivity index (χ2n) is 4.87. The summed E-state index contributed by atoms with van der Waals surface area (Å²) < 4.78 is 23.0. The standard InChI is InChI=1S/C18H18O2S/c1-3-7-17(14-15-8-5-4-6-9-15)16-10-12-18(13-11-16)21(2,19)20/h3-6,8-14H,1,7H2,2H3/b17-14+. The Morgan fingerprint density at radius 3 is 2.19 bits per heavy atom. The Hall–Kier alpha value is -2.13. The summed E-state index contributed by atoms with van der Waals surface area (Å²) in [5.41, 5.74) is 3.23. The highest BCUT2D eigenvalue weighted by Gasteiger charge is 2.07. The Labute approximate surface area is 126 Å². The lowest BCUT2D eigenvalue weighted by atomic mass is 10.00. The maximum absolute atomic E-state index is 11.5. The van der Waals surface area contributed by atoms with Crippen LogP contribution in [0, 0.1) is 0 Å². The molecule has 2 aromatic carbocycles. The topological polar surface area (TPSA) is 34.1 Å². The normalized spacial score (nSPS) is 12.1. The second kappa shape index (κ2) is 6.55. The van der Waals surface area contributed by atoms with Crippen molar-refractivity contribution in [2.24, 2.45) is 0 Å². The molecule has 2 nitrogen and oxygen atoms in total. The lowest BCUT2D eigenvalue weighted by molar-refractivity contribution is 0.602. The van der Waals surface area contributed by atoms with Crippen molar-refractivity contribution in [1.29, 1.82) is 0 Å². The zero-order chi connectivity index (χ0) is 15.3. The van der Waals surface area contributed by atoms with E-state index in [9.17, 15) is 8.42 Å². The molecule has 0 bridgehead atoms. The molecule has 2 rings (SSSR count). The van der Waals surface area contributed by atoms with E-state index in [4.69, 9.17) is 0 Å². The lowest BCUT2D eigenvalue weighted by Gasteiger charge is -2.07. The molecule has 3 heteroatoms. The number of hydrogen-bond acceptors (Lipinski definition) is 2. The Bertz CT molecular complexity index is 740. The van der Waals surface area contributed by atoms with Gasteiger partial charge in [0, 0.05) is 6.26 Å². The van der Waals surface area contributed by atoms with Gasteiger partial charge in [0.15, 0.2) is 9.84 Å². The molecular weight excluding hydrogens is 280 g/mol. The van der Waals surface area contributed by atoms with Gasteiger partial charge < -0.3 is 0 Å². The van der Waals surface area contributed by atoms with Crippen molar-refractivity contribution in [3.8, 4) is 0 Å². The van der Waals surface area contributed by atoms with Crippen molar-refractivity contribution in [3.63, 3.8) is 0 Å². The van der Waals surface area contributed by atoms with Gasteiger partial charge in [-0.05, 0) is 35.3 Å². The van der Waals surface area contributed by atoms with Crippen LogP contribution in [0.4, 0.5) is 0 Å². The molecule has 108 valence electrons. The van der Waals surface area contributed by atoms with Gasteiger partial charge >= 0.3 is 0 Å². The van der Waals surface area contributed by atoms with Crippen LogP contribution >= 0.6 is 0 Å². The molecule has 0 atom stereocenters. The zero-order valence-electron chi connectivity index (χ0n) is 12.0. The summed E-state index contributed by atoms with van der Waals surface area (Å²) in [6.45, 7) is 3.79. The first kappa shape index (κ1) is 15.3. The van der Waals surface area contributed by atoms with Crippen molar-refractivity contribution in [2.45, 2.75) is 11.3 Å². The first-order valence-corrected chi connectivity index (χ1v) is 8.57. The van der Waals surface area contributed by atoms with E-state index in [1.54, 1.807) is 12.1 Å². The molecule has 0 unspecified atom stereocenters. The van der Waals surface area contributed by atoms with Crippen LogP contribution in [0.25, 0.3) is 11.6 Å². The summed E-state index contributed by atoms with van der Waals surface area (Å²) in [5.74, 6) is 0. The lowest BCUT2D eigenvalue weighted by Crippen LogP contribution is -1.96. The van der Waals surface area contributed by atoms with Gasteiger partial charge in [-0.3, -0.25) is 0 Å². The van der Waals surface area contributed by atoms with E-state index in [0.29, 0.717) is 4.90 Å². The van der Waals surface area contributed by atoms with Crippen LogP contribution in [0.2, 0.25) is 0 Å². The maximum atomic E-state index is 11.5. The molecule has 0 saturated carbocycles. The molecule has 0 N–H and O–H groups in total. The van der Waals surface area contributed by atoms with E-state index < -0.39 is 9.84 Å². The van der Waals surface area contributed by atoms with Gasteiger partial charge in [-0.25, -0.2) is 8.42 Å². The molecular formula is C18H18O2S. The third-order valence-corrected chi connectivity index (χ3v) is 4.29. The number of rotatable bonds is 5. The highest BCUT2D eigenvalue weighted by Crippen LogP contribution is 2.23. The van der Waals surface area contributed by atoms with Crippen molar-refractivity contribution >= 4 is 21.5 Å². The van der Waals surface area contributed by atoms with Gasteiger partial charge in [0.2, 0.25) is 0 Å². The molecule has 0 fully saturated rings. The van der Waals surface area contributed by atoms with Gasteiger partial charge in [0.25, 0.3) is 0 Å². The van der Waals surface area contributed by atoms with Crippen molar-refractivity contribution in [3.05, 3.63) is 78.4 Å². The maximum Gasteiger partial charge on any atom is 0.175 e. The summed E-state index contributed by atoms with van der Waals surface area (Å²) in [6.07, 6.45) is 5.88. The summed E-state index contributed by atoms with van der Waals surface area (Å²) in [5, 5.41) is 0. The van der Waals surface area contributed by atoms with Gasteiger partial charge in [-0.1, -0.05) is 54.6 Å². The second-order valence-corrected chi connectivity index (χ2v) is 6.89. The Kier molecular flexibility index (Phi) is 4.76. The fourth-order valence-electron chi connectivity index (χ4n) is 2.08. The van der Waals surface area contributed by atoms with E-state index in [1.165, 1.54) is 6.26 Å². The first-order valence-electron chi connectivity index (χ1n) is 6.68. The fourth-order valence-corrected chi connectivity index (χ4v) is 2.71. The van der Waals surface area contributed by atoms with Crippen LogP contribution in [-0.4, -0.2) is 14.7 Å². The predicted molar refractivity (Wildman–Crippen MR) is 88.7 cm³/mol. The highest BCUT2D eigenvalue weighted by molar-refractivity contribution is 7.90. The molecule has 0 heterocycles. The van der Waals surface area contributed by atoms with Gasteiger partial charge in [-0.2, -0.15) is 0 Å². The third-order valence-electron chi connectivity index (χ3n) is 3.16. The van der Waals surface area contributed by atoms with Crippen LogP contribution in [-0.2, 0) is 9.84 Å². The van der Waals surface area contributed by atoms with Crippen molar-refractivity contribution in [1.82, 2.24) is 0 Å². The van der Waals surface area contributed by atoms with Gasteiger partial charge in [0.05, 0.1) is 4.90 Å². The monoisotopic (exact) mass is 298 g/mol. The summed E-state index contributed by atoms with van der Waals surface area (Å²) in [4.78, 5) is 0.337. The Balaban J connectivity index is 2.39. The number of sulfone groups is 1. The fraction of sp³-hybridized carbons (Fsp3) is 0.111. The molecule has 0 aliphatic carbocycles. The van der Waals surface area contributed by atoms with E-state index >= 15 is 0 Å². The molecule has 0 spiro atoms. The predicted octanol–water partition coefficient (Wildman–Crippen LogP) is 4.21. The first-order chi connectivity index (χ1) is 10.0. The summed E-state index contributed by atoms with van der Waals surface area (Å²) in [6, 6.07) is 17.0. The van der Waals surface area contributed by atoms with Crippen molar-refractivity contribution in [2.75, 3.05) is 6.26 Å². The smallest absolute Gasteiger partial charge is 0.175 e.